The van der Waals surface area contributed by atoms with Gasteiger partial charge in [-0.3, -0.25) is 9.79 Å². The summed E-state index contributed by atoms with van der Waals surface area (Å²) in [6, 6.07) is 49.8. The van der Waals surface area contributed by atoms with E-state index in [2.05, 4.69) is 41.4 Å². The van der Waals surface area contributed by atoms with Crippen LogP contribution in [0, 0.1) is 0 Å². The van der Waals surface area contributed by atoms with Gasteiger partial charge in [0.15, 0.2) is 0 Å². The lowest BCUT2D eigenvalue weighted by atomic mass is 10.0. The fourth-order valence-corrected chi connectivity index (χ4v) is 3.98. The first-order valence-corrected chi connectivity index (χ1v) is 13.6. The van der Waals surface area contributed by atoms with E-state index in [1.807, 2.05) is 78.9 Å². The minimum atomic E-state index is 0.146. The number of hydrogen-bond donors (Lipinski definition) is 3. The number of nitrogens with zero attached hydrogens (tertiary/aromatic N) is 1. The average molecular weight is 565 g/mol. The van der Waals surface area contributed by atoms with E-state index in [9.17, 15) is 9.90 Å². The number of para-hydroxylation sites is 4. The molecule has 0 radical (unpaired) electrons. The van der Waals surface area contributed by atoms with Crippen LogP contribution in [0.1, 0.15) is 15.9 Å². The number of carbonyl (C=O) groups excluding carboxylic acids is 1. The van der Waals surface area contributed by atoms with Crippen molar-refractivity contribution in [3.8, 4) is 33.8 Å². The Hall–Kier alpha value is -5.94. The van der Waals surface area contributed by atoms with Gasteiger partial charge in [0.25, 0.3) is 0 Å². The van der Waals surface area contributed by atoms with E-state index in [0.29, 0.717) is 16.9 Å². The van der Waals surface area contributed by atoms with E-state index < -0.39 is 0 Å². The van der Waals surface area contributed by atoms with Crippen molar-refractivity contribution in [2.45, 2.75) is 0 Å². The quantitative estimate of drug-likeness (QED) is 0.0843. The topological polar surface area (TPSA) is 95.9 Å². The van der Waals surface area contributed by atoms with Gasteiger partial charge in [-0.2, -0.15) is 0 Å². The number of nitrogen functional groups attached to an aromatic ring is 1. The highest BCUT2D eigenvalue weighted by Gasteiger charge is 1.98. The van der Waals surface area contributed by atoms with E-state index in [0.717, 1.165) is 17.4 Å². The molecule has 0 saturated carbocycles. The van der Waals surface area contributed by atoms with Crippen LogP contribution in [0.5, 0.6) is 11.5 Å². The van der Waals surface area contributed by atoms with Crippen LogP contribution in [-0.4, -0.2) is 22.7 Å². The normalized spacial score (nSPS) is 10.1. The Morgan fingerprint density at radius 1 is 0.465 bits per heavy atom. The second kappa shape index (κ2) is 15.7. The summed E-state index contributed by atoms with van der Waals surface area (Å²) < 4.78 is 0. The van der Waals surface area contributed by atoms with Gasteiger partial charge in [0, 0.05) is 11.8 Å². The van der Waals surface area contributed by atoms with Gasteiger partial charge in [0.1, 0.15) is 23.5 Å². The van der Waals surface area contributed by atoms with Gasteiger partial charge < -0.3 is 15.9 Å². The highest BCUT2D eigenvalue weighted by molar-refractivity contribution is 5.83. The smallest absolute Gasteiger partial charge is 0.150 e. The molecule has 43 heavy (non-hydrogen) atoms. The minimum absolute atomic E-state index is 0.146. The molecule has 6 aromatic rings. The maximum absolute atomic E-state index is 10.5. The highest BCUT2D eigenvalue weighted by Crippen LogP contribution is 2.25. The fraction of sp³-hybridized carbons (Fsp3) is 0. The molecule has 6 aromatic carbocycles. The Kier molecular flexibility index (Phi) is 11.0. The van der Waals surface area contributed by atoms with Crippen molar-refractivity contribution >= 4 is 23.9 Å². The van der Waals surface area contributed by atoms with Crippen molar-refractivity contribution in [1.82, 2.24) is 0 Å². The second-order valence-corrected chi connectivity index (χ2v) is 9.40. The summed E-state index contributed by atoms with van der Waals surface area (Å²) in [6.07, 6.45) is 2.61. The van der Waals surface area contributed by atoms with Crippen LogP contribution in [0.3, 0.4) is 0 Å². The zero-order chi connectivity index (χ0) is 30.3. The zero-order valence-corrected chi connectivity index (χ0v) is 23.5. The third kappa shape index (κ3) is 9.30. The second-order valence-electron chi connectivity index (χ2n) is 9.40. The zero-order valence-electron chi connectivity index (χ0n) is 23.5. The van der Waals surface area contributed by atoms with Crippen molar-refractivity contribution in [2.75, 3.05) is 5.73 Å². The third-order valence-electron chi connectivity index (χ3n) is 6.34. The first-order valence-electron chi connectivity index (χ1n) is 13.6. The molecule has 0 aliphatic rings. The summed E-state index contributed by atoms with van der Waals surface area (Å²) in [5, 5.41) is 18.5. The Bertz CT molecular complexity index is 1710. The van der Waals surface area contributed by atoms with Crippen LogP contribution in [0.4, 0.5) is 11.4 Å². The SMILES string of the molecule is Nc1ccccc1O.O=Cc1ccc(-c2ccccc2)cc1.Oc1ccccc1N=Cc1ccc(-c2ccccc2)cc1. The molecule has 0 aliphatic carbocycles. The van der Waals surface area contributed by atoms with Crippen LogP contribution in [0.2, 0.25) is 0 Å². The largest absolute Gasteiger partial charge is 0.506 e. The molecule has 0 amide bonds. The number of aldehydes is 1. The predicted octanol–water partition coefficient (Wildman–Crippen LogP) is 8.95. The monoisotopic (exact) mass is 564 g/mol. The van der Waals surface area contributed by atoms with Crippen molar-refractivity contribution < 1.29 is 15.0 Å². The molecule has 0 fully saturated rings. The molecule has 0 heterocycles. The van der Waals surface area contributed by atoms with E-state index in [1.165, 1.54) is 16.7 Å². The molecule has 212 valence electrons. The van der Waals surface area contributed by atoms with Gasteiger partial charge in [0.05, 0.1) is 5.69 Å². The van der Waals surface area contributed by atoms with E-state index >= 15 is 0 Å². The number of benzene rings is 6. The number of phenols is 2. The van der Waals surface area contributed by atoms with Gasteiger partial charge >= 0.3 is 0 Å². The van der Waals surface area contributed by atoms with Crippen LogP contribution in [0.15, 0.2) is 163 Å². The molecule has 4 N–H and O–H groups in total. The molecular formula is C38H32N2O3. The van der Waals surface area contributed by atoms with Crippen molar-refractivity contribution in [1.29, 1.82) is 0 Å². The van der Waals surface area contributed by atoms with Gasteiger partial charge in [-0.25, -0.2) is 0 Å². The Labute approximate surface area is 251 Å². The van der Waals surface area contributed by atoms with Crippen molar-refractivity contribution in [2.24, 2.45) is 4.99 Å². The summed E-state index contributed by atoms with van der Waals surface area (Å²) >= 11 is 0. The molecule has 0 spiro atoms. The average Bonchev–Trinajstić information content (AvgIpc) is 3.07. The Balaban J connectivity index is 0.000000165. The first kappa shape index (κ1) is 30.0. The fourth-order valence-electron chi connectivity index (χ4n) is 3.98. The maximum atomic E-state index is 10.5. The Morgan fingerprint density at radius 2 is 0.884 bits per heavy atom. The number of carbonyl (C=O) groups is 1. The van der Waals surface area contributed by atoms with E-state index in [1.54, 1.807) is 48.7 Å². The summed E-state index contributed by atoms with van der Waals surface area (Å²) in [5.41, 5.74) is 12.7. The summed E-state index contributed by atoms with van der Waals surface area (Å²) in [4.78, 5) is 14.8. The molecular weight excluding hydrogens is 532 g/mol. The van der Waals surface area contributed by atoms with Crippen LogP contribution < -0.4 is 5.73 Å². The summed E-state index contributed by atoms with van der Waals surface area (Å²) in [6.45, 7) is 0. The molecule has 0 atom stereocenters. The lowest BCUT2D eigenvalue weighted by molar-refractivity contribution is 0.112. The lowest BCUT2D eigenvalue weighted by Crippen LogP contribution is -1.82. The first-order chi connectivity index (χ1) is 21.0. The van der Waals surface area contributed by atoms with Gasteiger partial charge in [-0.1, -0.05) is 133 Å². The molecule has 0 bridgehead atoms. The third-order valence-corrected chi connectivity index (χ3v) is 6.34. The molecule has 0 saturated heterocycles. The number of phenolic OH excluding ortho intramolecular Hbond substituents is 2. The number of aromatic hydroxyl groups is 2. The van der Waals surface area contributed by atoms with Gasteiger partial charge in [-0.05, 0) is 52.1 Å². The van der Waals surface area contributed by atoms with Crippen LogP contribution >= 0.6 is 0 Å². The van der Waals surface area contributed by atoms with E-state index in [4.69, 9.17) is 10.8 Å². The number of hydrogen-bond acceptors (Lipinski definition) is 5. The molecule has 0 aliphatic heterocycles. The lowest BCUT2D eigenvalue weighted by Gasteiger charge is -2.02. The standard InChI is InChI=1S/C19H15NO.C13H10O.C6H7NO/c21-19-9-5-4-8-18(19)20-14-15-10-12-17(13-11-15)16-6-2-1-3-7-16;14-10-11-6-8-13(9-7-11)12-4-2-1-3-5-12;7-5-3-1-2-4-6(5)8/h1-14,21H;1-10H;1-4,8H,7H2. The van der Waals surface area contributed by atoms with Gasteiger partial charge in [-0.15, -0.1) is 0 Å². The maximum Gasteiger partial charge on any atom is 0.150 e. The molecule has 6 rings (SSSR count). The van der Waals surface area contributed by atoms with E-state index in [-0.39, 0.29) is 11.5 Å². The van der Waals surface area contributed by atoms with Crippen LogP contribution in [-0.2, 0) is 0 Å². The highest BCUT2D eigenvalue weighted by atomic mass is 16.3. The van der Waals surface area contributed by atoms with Crippen molar-refractivity contribution in [3.63, 3.8) is 0 Å². The number of anilines is 1. The molecule has 0 unspecified atom stereocenters. The molecule has 5 heteroatoms. The summed E-state index contributed by atoms with van der Waals surface area (Å²) in [7, 11) is 0. The number of rotatable bonds is 5. The van der Waals surface area contributed by atoms with Gasteiger partial charge in [0.2, 0.25) is 0 Å². The molecule has 0 aromatic heterocycles. The number of aliphatic imine (C=N–C) groups is 1. The Morgan fingerprint density at radius 3 is 1.33 bits per heavy atom. The van der Waals surface area contributed by atoms with Crippen LogP contribution in [0.25, 0.3) is 22.3 Å². The number of nitrogens with two attached hydrogens (primary N) is 1. The molecule has 5 nitrogen and oxygen atoms in total. The van der Waals surface area contributed by atoms with Crippen molar-refractivity contribution in [3.05, 3.63) is 169 Å². The minimum Gasteiger partial charge on any atom is -0.506 e. The predicted molar refractivity (Wildman–Crippen MR) is 177 cm³/mol. The summed E-state index contributed by atoms with van der Waals surface area (Å²) in [5.74, 6) is 0.335.